The van der Waals surface area contributed by atoms with Gasteiger partial charge in [0.15, 0.2) is 0 Å². The smallest absolute Gasteiger partial charge is 0.135 e. The third-order valence-corrected chi connectivity index (χ3v) is 10.8. The highest BCUT2D eigenvalue weighted by atomic mass is 16.3. The van der Waals surface area contributed by atoms with Gasteiger partial charge in [0.2, 0.25) is 0 Å². The number of hydrogen-bond acceptors (Lipinski definition) is 2. The van der Waals surface area contributed by atoms with Crippen molar-refractivity contribution in [3.8, 4) is 16.8 Å². The minimum absolute atomic E-state index is 0.888. The molecular weight excluding hydrogens is 645 g/mol. The molecule has 0 aliphatic carbocycles. The number of furan rings is 1. The Morgan fingerprint density at radius 3 is 1.87 bits per heavy atom. The van der Waals surface area contributed by atoms with Crippen molar-refractivity contribution in [2.45, 2.75) is 0 Å². The van der Waals surface area contributed by atoms with Crippen LogP contribution in [0.4, 0.5) is 17.1 Å². The Bertz CT molecular complexity index is 3160. The fraction of sp³-hybridized carbons (Fsp3) is 0. The van der Waals surface area contributed by atoms with Crippen molar-refractivity contribution in [2.75, 3.05) is 4.90 Å². The molecule has 0 aliphatic heterocycles. The minimum Gasteiger partial charge on any atom is -0.456 e. The summed E-state index contributed by atoms with van der Waals surface area (Å²) in [5.74, 6) is 0. The Morgan fingerprint density at radius 1 is 0.377 bits per heavy atom. The Kier molecular flexibility index (Phi) is 6.55. The van der Waals surface area contributed by atoms with Crippen LogP contribution in [0.2, 0.25) is 0 Å². The minimum atomic E-state index is 0.888. The predicted octanol–water partition coefficient (Wildman–Crippen LogP) is 14.1. The third-order valence-electron chi connectivity index (χ3n) is 10.8. The second-order valence-corrected chi connectivity index (χ2v) is 13.7. The number of rotatable bonds is 5. The van der Waals surface area contributed by atoms with E-state index in [4.69, 9.17) is 4.42 Å². The lowest BCUT2D eigenvalue weighted by Crippen LogP contribution is -2.10. The fourth-order valence-electron chi connectivity index (χ4n) is 8.29. The molecule has 0 spiro atoms. The van der Waals surface area contributed by atoms with E-state index in [1.807, 2.05) is 12.1 Å². The van der Waals surface area contributed by atoms with Gasteiger partial charge in [-0.2, -0.15) is 0 Å². The first-order valence-electron chi connectivity index (χ1n) is 18.1. The largest absolute Gasteiger partial charge is 0.456 e. The molecule has 0 aliphatic rings. The molecule has 11 rings (SSSR count). The van der Waals surface area contributed by atoms with Crippen LogP contribution in [0.3, 0.4) is 0 Å². The predicted molar refractivity (Wildman–Crippen MR) is 223 cm³/mol. The number of anilines is 3. The van der Waals surface area contributed by atoms with Crippen LogP contribution in [0.25, 0.3) is 82.1 Å². The van der Waals surface area contributed by atoms with Crippen molar-refractivity contribution in [3.05, 3.63) is 194 Å². The second kappa shape index (κ2) is 11.7. The van der Waals surface area contributed by atoms with Crippen molar-refractivity contribution >= 4 is 82.4 Å². The maximum atomic E-state index is 6.22. The van der Waals surface area contributed by atoms with Crippen LogP contribution < -0.4 is 4.90 Å². The van der Waals surface area contributed by atoms with Crippen LogP contribution in [0.1, 0.15) is 0 Å². The van der Waals surface area contributed by atoms with E-state index < -0.39 is 0 Å². The quantitative estimate of drug-likeness (QED) is 0.181. The topological polar surface area (TPSA) is 21.3 Å². The summed E-state index contributed by atoms with van der Waals surface area (Å²) in [6.45, 7) is 0. The molecule has 0 atom stereocenters. The van der Waals surface area contributed by atoms with Crippen molar-refractivity contribution in [2.24, 2.45) is 0 Å². The number of benzene rings is 9. The summed E-state index contributed by atoms with van der Waals surface area (Å²) >= 11 is 0. The zero-order valence-electron chi connectivity index (χ0n) is 28.8. The first-order chi connectivity index (χ1) is 26.3. The zero-order chi connectivity index (χ0) is 34.9. The van der Waals surface area contributed by atoms with Crippen LogP contribution in [0, 0.1) is 0 Å². The number of hydrogen-bond donors (Lipinski definition) is 0. The van der Waals surface area contributed by atoms with Gasteiger partial charge in [0.05, 0.1) is 16.7 Å². The van der Waals surface area contributed by atoms with E-state index in [0.29, 0.717) is 0 Å². The van der Waals surface area contributed by atoms with Gasteiger partial charge in [-0.15, -0.1) is 0 Å². The summed E-state index contributed by atoms with van der Waals surface area (Å²) in [5.41, 5.74) is 11.0. The maximum absolute atomic E-state index is 6.22. The number of nitrogens with zero attached hydrogens (tertiary/aromatic N) is 2. The first-order valence-corrected chi connectivity index (χ1v) is 18.1. The lowest BCUT2D eigenvalue weighted by Gasteiger charge is -2.27. The first kappa shape index (κ1) is 29.6. The molecule has 0 fully saturated rings. The highest BCUT2D eigenvalue weighted by Gasteiger charge is 2.19. The lowest BCUT2D eigenvalue weighted by atomic mass is 10.0. The molecule has 248 valence electrons. The number of aromatic nitrogens is 1. The SMILES string of the molecule is c1ccc(-n2c3cc(-c4ccc(N(c5ccc6oc7ccccc7c6c5)c5cccc6ccccc56)cc4)ccc3c3ccc4ccccc4c32)cc1. The highest BCUT2D eigenvalue weighted by Crippen LogP contribution is 2.43. The van der Waals surface area contributed by atoms with Gasteiger partial charge in [-0.05, 0) is 82.6 Å². The van der Waals surface area contributed by atoms with Crippen LogP contribution >= 0.6 is 0 Å². The van der Waals surface area contributed by atoms with E-state index >= 15 is 0 Å². The lowest BCUT2D eigenvalue weighted by molar-refractivity contribution is 0.669. The standard InChI is InChI=1S/C50H32N2O/c1-2-14-37(15-3-1)52-47-31-36(24-28-42(47)44-29-23-35-12-5-7-17-41(35)50(44)52)33-21-25-38(26-22-33)51(46-19-10-13-34-11-4-6-16-40(34)46)39-27-30-49-45(32-39)43-18-8-9-20-48(43)53-49/h1-32H. The average Bonchev–Trinajstić information content (AvgIpc) is 3.77. The van der Waals surface area contributed by atoms with Gasteiger partial charge >= 0.3 is 0 Å². The van der Waals surface area contributed by atoms with Crippen molar-refractivity contribution in [1.82, 2.24) is 4.57 Å². The third kappa shape index (κ3) is 4.68. The summed E-state index contributed by atoms with van der Waals surface area (Å²) in [6, 6.07) is 69.8. The van der Waals surface area contributed by atoms with Crippen molar-refractivity contribution < 1.29 is 4.42 Å². The molecule has 0 amide bonds. The van der Waals surface area contributed by atoms with Crippen LogP contribution in [0.5, 0.6) is 0 Å². The molecule has 0 radical (unpaired) electrons. The molecule has 0 saturated heterocycles. The van der Waals surface area contributed by atoms with E-state index in [2.05, 4.69) is 191 Å². The summed E-state index contributed by atoms with van der Waals surface area (Å²) in [7, 11) is 0. The average molecular weight is 677 g/mol. The normalized spacial score (nSPS) is 11.8. The van der Waals surface area contributed by atoms with E-state index in [1.165, 1.54) is 54.5 Å². The van der Waals surface area contributed by atoms with Gasteiger partial charge in [-0.1, -0.05) is 133 Å². The van der Waals surface area contributed by atoms with Crippen molar-refractivity contribution in [3.63, 3.8) is 0 Å². The maximum Gasteiger partial charge on any atom is 0.135 e. The molecule has 0 N–H and O–H groups in total. The summed E-state index contributed by atoms with van der Waals surface area (Å²) in [5, 5.41) is 9.64. The second-order valence-electron chi connectivity index (χ2n) is 13.7. The molecule has 11 aromatic rings. The Balaban J connectivity index is 1.08. The molecule has 3 nitrogen and oxygen atoms in total. The highest BCUT2D eigenvalue weighted by molar-refractivity contribution is 6.19. The van der Waals surface area contributed by atoms with Crippen LogP contribution in [-0.4, -0.2) is 4.57 Å². The van der Waals surface area contributed by atoms with E-state index in [-0.39, 0.29) is 0 Å². The Morgan fingerprint density at radius 2 is 1.02 bits per heavy atom. The van der Waals surface area contributed by atoms with E-state index in [1.54, 1.807) is 0 Å². The number of fused-ring (bicyclic) bond motifs is 9. The summed E-state index contributed by atoms with van der Waals surface area (Å²) < 4.78 is 8.65. The fourth-order valence-corrected chi connectivity index (χ4v) is 8.29. The molecule has 3 heteroatoms. The van der Waals surface area contributed by atoms with E-state index in [9.17, 15) is 0 Å². The molecule has 0 bridgehead atoms. The molecule has 0 saturated carbocycles. The summed E-state index contributed by atoms with van der Waals surface area (Å²) in [4.78, 5) is 2.37. The van der Waals surface area contributed by atoms with Gasteiger partial charge in [0, 0.05) is 49.4 Å². The molecule has 2 aromatic heterocycles. The molecule has 0 unspecified atom stereocenters. The molecule has 9 aromatic carbocycles. The van der Waals surface area contributed by atoms with E-state index in [0.717, 1.165) is 44.7 Å². The Hall–Kier alpha value is -7.10. The van der Waals surface area contributed by atoms with Gasteiger partial charge < -0.3 is 13.9 Å². The van der Waals surface area contributed by atoms with Crippen LogP contribution in [-0.2, 0) is 0 Å². The van der Waals surface area contributed by atoms with Crippen LogP contribution in [0.15, 0.2) is 199 Å². The number of para-hydroxylation sites is 2. The van der Waals surface area contributed by atoms with Gasteiger partial charge in [0.25, 0.3) is 0 Å². The molecule has 2 heterocycles. The molecule has 53 heavy (non-hydrogen) atoms. The monoisotopic (exact) mass is 676 g/mol. The van der Waals surface area contributed by atoms with Crippen molar-refractivity contribution in [1.29, 1.82) is 0 Å². The zero-order valence-corrected chi connectivity index (χ0v) is 28.8. The molecular formula is C50H32N2O. The van der Waals surface area contributed by atoms with Gasteiger partial charge in [-0.3, -0.25) is 0 Å². The Labute approximate surface area is 306 Å². The summed E-state index contributed by atoms with van der Waals surface area (Å²) in [6.07, 6.45) is 0. The van der Waals surface area contributed by atoms with Gasteiger partial charge in [-0.25, -0.2) is 0 Å². The van der Waals surface area contributed by atoms with Gasteiger partial charge in [0.1, 0.15) is 11.2 Å².